The van der Waals surface area contributed by atoms with E-state index in [1.54, 1.807) is 44.3 Å². The summed E-state index contributed by atoms with van der Waals surface area (Å²) < 4.78 is 42.1. The first-order valence-corrected chi connectivity index (χ1v) is 10.1. The van der Waals surface area contributed by atoms with Crippen molar-refractivity contribution in [1.82, 2.24) is 14.8 Å². The molecule has 164 valence electrons. The Morgan fingerprint density at radius 1 is 1.19 bits per heavy atom. The number of fused-ring (bicyclic) bond motifs is 1. The molecule has 0 bridgehead atoms. The summed E-state index contributed by atoms with van der Waals surface area (Å²) in [5, 5.41) is 6.88. The van der Waals surface area contributed by atoms with Crippen molar-refractivity contribution >= 4 is 39.1 Å². The van der Waals surface area contributed by atoms with Crippen LogP contribution >= 0.6 is 11.3 Å². The van der Waals surface area contributed by atoms with Crippen LogP contribution in [-0.4, -0.2) is 26.6 Å². The molecule has 3 aromatic heterocycles. The monoisotopic (exact) mass is 459 g/mol. The van der Waals surface area contributed by atoms with E-state index in [-0.39, 0.29) is 31.9 Å². The van der Waals surface area contributed by atoms with E-state index in [1.165, 1.54) is 10.9 Å². The smallest absolute Gasteiger partial charge is 0.365 e. The average Bonchev–Trinajstić information content (AvgIpc) is 3.27. The van der Waals surface area contributed by atoms with Gasteiger partial charge in [-0.1, -0.05) is 30.3 Å². The summed E-state index contributed by atoms with van der Waals surface area (Å²) in [6.07, 6.45) is -3.34. The van der Waals surface area contributed by atoms with Crippen molar-refractivity contribution in [2.24, 2.45) is 12.8 Å². The Kier molecular flexibility index (Phi) is 5.21. The second-order valence-corrected chi connectivity index (χ2v) is 7.99. The molecule has 1 aromatic carbocycles. The van der Waals surface area contributed by atoms with Gasteiger partial charge in [-0.25, -0.2) is 4.98 Å². The van der Waals surface area contributed by atoms with Gasteiger partial charge in [0.1, 0.15) is 15.4 Å². The predicted molar refractivity (Wildman–Crippen MR) is 114 cm³/mol. The topological polar surface area (TPSA) is 103 Å². The molecule has 0 radical (unpaired) electrons. The van der Waals surface area contributed by atoms with E-state index in [1.807, 2.05) is 0 Å². The standard InChI is InChI=1S/C21H16F3N5O2S/c1-10-13(9-26-29(10)2)19(31)28-16-15-12(11-6-4-3-5-7-11)8-14(21(22,23)24)27-20(15)32-17(16)18(25)30/h3-9H,1-2H3,(H2,25,30)(H,28,31). The molecule has 0 spiro atoms. The number of nitrogens with one attached hydrogen (secondary N) is 1. The number of rotatable bonds is 4. The summed E-state index contributed by atoms with van der Waals surface area (Å²) in [6.45, 7) is 1.69. The van der Waals surface area contributed by atoms with Gasteiger partial charge < -0.3 is 11.1 Å². The van der Waals surface area contributed by atoms with Crippen LogP contribution in [0.2, 0.25) is 0 Å². The van der Waals surface area contributed by atoms with Crippen molar-refractivity contribution in [3.05, 3.63) is 64.4 Å². The second kappa shape index (κ2) is 7.75. The molecule has 0 unspecified atom stereocenters. The Balaban J connectivity index is 1.99. The molecule has 3 heterocycles. The molecular weight excluding hydrogens is 443 g/mol. The normalized spacial score (nSPS) is 11.7. The van der Waals surface area contributed by atoms with Crippen molar-refractivity contribution in [1.29, 1.82) is 0 Å². The van der Waals surface area contributed by atoms with Gasteiger partial charge in [0.2, 0.25) is 0 Å². The molecule has 4 rings (SSSR count). The quantitative estimate of drug-likeness (QED) is 0.473. The minimum Gasteiger partial charge on any atom is -0.365 e. The van der Waals surface area contributed by atoms with Gasteiger partial charge in [-0.3, -0.25) is 14.3 Å². The molecule has 11 heteroatoms. The summed E-state index contributed by atoms with van der Waals surface area (Å²) in [7, 11) is 1.66. The molecule has 0 saturated carbocycles. The van der Waals surface area contributed by atoms with Gasteiger partial charge in [-0.2, -0.15) is 18.3 Å². The van der Waals surface area contributed by atoms with Crippen molar-refractivity contribution in [2.75, 3.05) is 5.32 Å². The highest BCUT2D eigenvalue weighted by Gasteiger charge is 2.35. The van der Waals surface area contributed by atoms with Crippen LogP contribution in [0.15, 0.2) is 42.6 Å². The molecule has 0 aliphatic carbocycles. The lowest BCUT2D eigenvalue weighted by molar-refractivity contribution is -0.140. The number of aryl methyl sites for hydroxylation is 1. The number of carbonyl (C=O) groups excluding carboxylic acids is 2. The van der Waals surface area contributed by atoms with Crippen LogP contribution < -0.4 is 11.1 Å². The van der Waals surface area contributed by atoms with Gasteiger partial charge in [0.25, 0.3) is 11.8 Å². The number of hydrogen-bond donors (Lipinski definition) is 2. The molecule has 2 amide bonds. The largest absolute Gasteiger partial charge is 0.433 e. The summed E-state index contributed by atoms with van der Waals surface area (Å²) in [4.78, 5) is 28.6. The first-order chi connectivity index (χ1) is 15.1. The maximum absolute atomic E-state index is 13.5. The fourth-order valence-corrected chi connectivity index (χ4v) is 4.29. The Labute approximate surface area is 183 Å². The van der Waals surface area contributed by atoms with E-state index < -0.39 is 23.7 Å². The van der Waals surface area contributed by atoms with Crippen LogP contribution in [0.4, 0.5) is 18.9 Å². The Hall–Kier alpha value is -3.73. The lowest BCUT2D eigenvalue weighted by Gasteiger charge is -2.12. The number of nitrogens with zero attached hydrogens (tertiary/aromatic N) is 3. The lowest BCUT2D eigenvalue weighted by Crippen LogP contribution is -2.17. The Bertz CT molecular complexity index is 1360. The van der Waals surface area contributed by atoms with Gasteiger partial charge in [0.05, 0.1) is 17.4 Å². The first-order valence-electron chi connectivity index (χ1n) is 9.28. The second-order valence-electron chi connectivity index (χ2n) is 6.99. The number of halogens is 3. The fraction of sp³-hybridized carbons (Fsp3) is 0.143. The van der Waals surface area contributed by atoms with Crippen LogP contribution in [0.3, 0.4) is 0 Å². The van der Waals surface area contributed by atoms with E-state index in [0.717, 1.165) is 6.07 Å². The van der Waals surface area contributed by atoms with Gasteiger partial charge >= 0.3 is 6.18 Å². The third kappa shape index (κ3) is 3.71. The Morgan fingerprint density at radius 2 is 1.88 bits per heavy atom. The average molecular weight is 459 g/mol. The van der Waals surface area contributed by atoms with Crippen LogP contribution in [0.5, 0.6) is 0 Å². The number of alkyl halides is 3. The first kappa shape index (κ1) is 21.5. The highest BCUT2D eigenvalue weighted by atomic mass is 32.1. The van der Waals surface area contributed by atoms with E-state index in [4.69, 9.17) is 5.73 Å². The molecule has 0 aliphatic heterocycles. The SMILES string of the molecule is Cc1c(C(=O)Nc2c(C(N)=O)sc3nc(C(F)(F)F)cc(-c4ccccc4)c23)cnn1C. The van der Waals surface area contributed by atoms with E-state index >= 15 is 0 Å². The molecule has 0 saturated heterocycles. The molecule has 7 nitrogen and oxygen atoms in total. The number of benzene rings is 1. The lowest BCUT2D eigenvalue weighted by atomic mass is 10.0. The maximum atomic E-state index is 13.5. The van der Waals surface area contributed by atoms with Crippen LogP contribution in [-0.2, 0) is 13.2 Å². The fourth-order valence-electron chi connectivity index (χ4n) is 3.28. The maximum Gasteiger partial charge on any atom is 0.433 e. The molecule has 0 fully saturated rings. The van der Waals surface area contributed by atoms with Gasteiger partial charge in [0.15, 0.2) is 0 Å². The zero-order valence-corrected chi connectivity index (χ0v) is 17.6. The highest BCUT2D eigenvalue weighted by molar-refractivity contribution is 7.21. The van der Waals surface area contributed by atoms with E-state index in [2.05, 4.69) is 15.4 Å². The molecule has 0 atom stereocenters. The highest BCUT2D eigenvalue weighted by Crippen LogP contribution is 2.43. The molecule has 4 aromatic rings. The number of aromatic nitrogens is 3. The van der Waals surface area contributed by atoms with Crippen molar-refractivity contribution < 1.29 is 22.8 Å². The molecule has 3 N–H and O–H groups in total. The number of amides is 2. The number of primary amides is 1. The van der Waals surface area contributed by atoms with Gasteiger partial charge in [-0.15, -0.1) is 11.3 Å². The number of thiophene rings is 1. The minimum absolute atomic E-state index is 0.0193. The summed E-state index contributed by atoms with van der Waals surface area (Å²) in [5.41, 5.74) is 5.87. The van der Waals surface area contributed by atoms with Gasteiger partial charge in [-0.05, 0) is 24.1 Å². The molecular formula is C21H16F3N5O2S. The zero-order chi connectivity index (χ0) is 23.2. The van der Waals surface area contributed by atoms with Crippen LogP contribution in [0.25, 0.3) is 21.3 Å². The van der Waals surface area contributed by atoms with Crippen molar-refractivity contribution in [3.63, 3.8) is 0 Å². The zero-order valence-electron chi connectivity index (χ0n) is 16.8. The predicted octanol–water partition coefficient (Wildman–Crippen LogP) is 4.38. The number of pyridine rings is 1. The number of nitrogens with two attached hydrogens (primary N) is 1. The number of anilines is 1. The van der Waals surface area contributed by atoms with E-state index in [0.29, 0.717) is 22.6 Å². The van der Waals surface area contributed by atoms with Gasteiger partial charge in [0, 0.05) is 18.1 Å². The van der Waals surface area contributed by atoms with Crippen LogP contribution in [0, 0.1) is 6.92 Å². The van der Waals surface area contributed by atoms with Crippen LogP contribution in [0.1, 0.15) is 31.4 Å². The molecule has 32 heavy (non-hydrogen) atoms. The van der Waals surface area contributed by atoms with Crippen molar-refractivity contribution in [3.8, 4) is 11.1 Å². The Morgan fingerprint density at radius 3 is 2.44 bits per heavy atom. The summed E-state index contributed by atoms with van der Waals surface area (Å²) in [6, 6.07) is 9.24. The third-order valence-corrected chi connectivity index (χ3v) is 6.08. The van der Waals surface area contributed by atoms with E-state index in [9.17, 15) is 22.8 Å². The minimum atomic E-state index is -4.70. The molecule has 0 aliphatic rings. The summed E-state index contributed by atoms with van der Waals surface area (Å²) in [5.74, 6) is -1.46. The number of carbonyl (C=O) groups is 2. The third-order valence-electron chi connectivity index (χ3n) is 4.98. The number of hydrogen-bond acceptors (Lipinski definition) is 5. The summed E-state index contributed by atoms with van der Waals surface area (Å²) >= 11 is 0.696. The van der Waals surface area contributed by atoms with Crippen molar-refractivity contribution in [2.45, 2.75) is 13.1 Å².